The van der Waals surface area contributed by atoms with Crippen molar-refractivity contribution in [2.75, 3.05) is 40.4 Å². The van der Waals surface area contributed by atoms with Crippen LogP contribution in [0.5, 0.6) is 11.5 Å². The summed E-state index contributed by atoms with van der Waals surface area (Å²) in [5.41, 5.74) is 1.11. The third-order valence-electron chi connectivity index (χ3n) is 5.27. The van der Waals surface area contributed by atoms with Crippen molar-refractivity contribution in [1.82, 2.24) is 9.80 Å². The van der Waals surface area contributed by atoms with E-state index in [4.69, 9.17) is 9.47 Å². The molecule has 5 heteroatoms. The second kappa shape index (κ2) is 7.88. The lowest BCUT2D eigenvalue weighted by Gasteiger charge is -2.44. The van der Waals surface area contributed by atoms with Gasteiger partial charge in [-0.15, -0.1) is 0 Å². The van der Waals surface area contributed by atoms with Gasteiger partial charge >= 0.3 is 0 Å². The van der Waals surface area contributed by atoms with Crippen molar-refractivity contribution in [3.63, 3.8) is 0 Å². The highest BCUT2D eigenvalue weighted by Crippen LogP contribution is 2.28. The van der Waals surface area contributed by atoms with E-state index in [1.54, 1.807) is 14.2 Å². The molecule has 0 aliphatic carbocycles. The first-order valence-corrected chi connectivity index (χ1v) is 8.94. The molecule has 1 unspecified atom stereocenters. The number of amides is 1. The average molecular weight is 332 g/mol. The van der Waals surface area contributed by atoms with E-state index in [0.717, 1.165) is 43.1 Å². The molecule has 0 aromatic heterocycles. The highest BCUT2D eigenvalue weighted by Gasteiger charge is 2.30. The standard InChI is InChI=1S/C19H28N2O3/c1-23-17-8-6-15(13-18(17)24-2)7-9-19(22)21-12-11-20-10-4-3-5-16(20)14-21/h6,8,13,16H,3-5,7,9-12,14H2,1-2H3. The fourth-order valence-corrected chi connectivity index (χ4v) is 3.83. The molecule has 2 aliphatic heterocycles. The van der Waals surface area contributed by atoms with Gasteiger partial charge in [-0.05, 0) is 43.5 Å². The number of rotatable bonds is 5. The van der Waals surface area contributed by atoms with Gasteiger partial charge < -0.3 is 14.4 Å². The van der Waals surface area contributed by atoms with Gasteiger partial charge in [-0.2, -0.15) is 0 Å². The third kappa shape index (κ3) is 3.83. The predicted molar refractivity (Wildman–Crippen MR) is 93.7 cm³/mol. The Bertz CT molecular complexity index is 576. The fraction of sp³-hybridized carbons (Fsp3) is 0.632. The molecule has 0 bridgehead atoms. The van der Waals surface area contributed by atoms with E-state index < -0.39 is 0 Å². The van der Waals surface area contributed by atoms with Crippen LogP contribution in [0.3, 0.4) is 0 Å². The minimum absolute atomic E-state index is 0.273. The van der Waals surface area contributed by atoms with Crippen LogP contribution in [-0.2, 0) is 11.2 Å². The first-order chi connectivity index (χ1) is 11.7. The maximum absolute atomic E-state index is 12.6. The van der Waals surface area contributed by atoms with E-state index in [1.807, 2.05) is 18.2 Å². The molecule has 2 heterocycles. The number of fused-ring (bicyclic) bond motifs is 1. The van der Waals surface area contributed by atoms with Crippen LogP contribution in [-0.4, -0.2) is 62.1 Å². The number of hydrogen-bond acceptors (Lipinski definition) is 4. The van der Waals surface area contributed by atoms with Crippen LogP contribution in [0.2, 0.25) is 0 Å². The lowest BCUT2D eigenvalue weighted by molar-refractivity contribution is -0.134. The molecule has 132 valence electrons. The summed E-state index contributed by atoms with van der Waals surface area (Å²) in [5.74, 6) is 1.72. The normalized spacial score (nSPS) is 21.2. The Morgan fingerprint density at radius 2 is 1.96 bits per heavy atom. The molecule has 0 radical (unpaired) electrons. The van der Waals surface area contributed by atoms with Crippen LogP contribution in [0.4, 0.5) is 0 Å². The molecule has 1 amide bonds. The van der Waals surface area contributed by atoms with Crippen LogP contribution < -0.4 is 9.47 Å². The van der Waals surface area contributed by atoms with E-state index in [-0.39, 0.29) is 5.91 Å². The lowest BCUT2D eigenvalue weighted by atomic mass is 9.99. The quantitative estimate of drug-likeness (QED) is 0.830. The maximum atomic E-state index is 12.6. The molecule has 0 saturated carbocycles. The number of nitrogens with zero attached hydrogens (tertiary/aromatic N) is 2. The largest absolute Gasteiger partial charge is 0.493 e. The lowest BCUT2D eigenvalue weighted by Crippen LogP contribution is -2.56. The maximum Gasteiger partial charge on any atom is 0.222 e. The summed E-state index contributed by atoms with van der Waals surface area (Å²) >= 11 is 0. The van der Waals surface area contributed by atoms with Crippen molar-refractivity contribution >= 4 is 5.91 Å². The molecule has 0 spiro atoms. The second-order valence-electron chi connectivity index (χ2n) is 6.71. The van der Waals surface area contributed by atoms with Crippen molar-refractivity contribution < 1.29 is 14.3 Å². The van der Waals surface area contributed by atoms with Gasteiger partial charge in [0.2, 0.25) is 5.91 Å². The summed E-state index contributed by atoms with van der Waals surface area (Å²) in [4.78, 5) is 17.2. The average Bonchev–Trinajstić information content (AvgIpc) is 2.65. The van der Waals surface area contributed by atoms with Gasteiger partial charge in [0.05, 0.1) is 14.2 Å². The molecule has 1 aromatic carbocycles. The number of benzene rings is 1. The first kappa shape index (κ1) is 17.1. The minimum Gasteiger partial charge on any atom is -0.493 e. The molecule has 1 aromatic rings. The Morgan fingerprint density at radius 3 is 2.75 bits per heavy atom. The topological polar surface area (TPSA) is 42.0 Å². The molecule has 2 aliphatic rings. The van der Waals surface area contributed by atoms with Crippen molar-refractivity contribution in [1.29, 1.82) is 0 Å². The van der Waals surface area contributed by atoms with E-state index in [0.29, 0.717) is 12.5 Å². The van der Waals surface area contributed by atoms with Crippen LogP contribution >= 0.6 is 0 Å². The molecular weight excluding hydrogens is 304 g/mol. The number of ether oxygens (including phenoxy) is 2. The summed E-state index contributed by atoms with van der Waals surface area (Å²) in [6, 6.07) is 6.45. The number of carbonyl (C=O) groups excluding carboxylic acids is 1. The second-order valence-corrected chi connectivity index (χ2v) is 6.71. The monoisotopic (exact) mass is 332 g/mol. The molecule has 0 N–H and O–H groups in total. The Labute approximate surface area is 144 Å². The molecule has 24 heavy (non-hydrogen) atoms. The van der Waals surface area contributed by atoms with Gasteiger partial charge in [-0.3, -0.25) is 9.69 Å². The van der Waals surface area contributed by atoms with Crippen molar-refractivity contribution in [3.05, 3.63) is 23.8 Å². The smallest absolute Gasteiger partial charge is 0.222 e. The van der Waals surface area contributed by atoms with E-state index in [9.17, 15) is 4.79 Å². The van der Waals surface area contributed by atoms with Gasteiger partial charge in [-0.1, -0.05) is 12.5 Å². The van der Waals surface area contributed by atoms with Gasteiger partial charge in [-0.25, -0.2) is 0 Å². The van der Waals surface area contributed by atoms with E-state index in [2.05, 4.69) is 9.80 Å². The molecule has 3 rings (SSSR count). The van der Waals surface area contributed by atoms with Crippen molar-refractivity contribution in [2.45, 2.75) is 38.1 Å². The number of piperazine rings is 1. The SMILES string of the molecule is COc1ccc(CCC(=O)N2CCN3CCCCC3C2)cc1OC. The Hall–Kier alpha value is -1.75. The fourth-order valence-electron chi connectivity index (χ4n) is 3.83. The van der Waals surface area contributed by atoms with Crippen LogP contribution in [0.15, 0.2) is 18.2 Å². The van der Waals surface area contributed by atoms with E-state index >= 15 is 0 Å². The summed E-state index contributed by atoms with van der Waals surface area (Å²) in [6.45, 7) is 4.02. The van der Waals surface area contributed by atoms with Crippen LogP contribution in [0, 0.1) is 0 Å². The minimum atomic E-state index is 0.273. The number of methoxy groups -OCH3 is 2. The summed E-state index contributed by atoms with van der Waals surface area (Å²) in [7, 11) is 3.27. The zero-order valence-corrected chi connectivity index (χ0v) is 14.8. The highest BCUT2D eigenvalue weighted by molar-refractivity contribution is 5.76. The first-order valence-electron chi connectivity index (χ1n) is 8.94. The van der Waals surface area contributed by atoms with Gasteiger partial charge in [0.1, 0.15) is 0 Å². The van der Waals surface area contributed by atoms with Crippen LogP contribution in [0.25, 0.3) is 0 Å². The molecule has 2 fully saturated rings. The summed E-state index contributed by atoms with van der Waals surface area (Å²) in [5, 5.41) is 0. The molecule has 5 nitrogen and oxygen atoms in total. The zero-order valence-electron chi connectivity index (χ0n) is 14.8. The zero-order chi connectivity index (χ0) is 16.9. The molecular formula is C19H28N2O3. The van der Waals surface area contributed by atoms with Gasteiger partial charge in [0, 0.05) is 32.1 Å². The number of aryl methyl sites for hydroxylation is 1. The van der Waals surface area contributed by atoms with Gasteiger partial charge in [0.15, 0.2) is 11.5 Å². The third-order valence-corrected chi connectivity index (χ3v) is 5.27. The number of carbonyl (C=O) groups is 1. The van der Waals surface area contributed by atoms with Crippen molar-refractivity contribution in [3.8, 4) is 11.5 Å². The highest BCUT2D eigenvalue weighted by atomic mass is 16.5. The Kier molecular flexibility index (Phi) is 5.61. The molecule has 2 saturated heterocycles. The molecule has 1 atom stereocenters. The van der Waals surface area contributed by atoms with E-state index in [1.165, 1.54) is 25.8 Å². The summed E-state index contributed by atoms with van der Waals surface area (Å²) in [6.07, 6.45) is 5.14. The summed E-state index contributed by atoms with van der Waals surface area (Å²) < 4.78 is 10.6. The van der Waals surface area contributed by atoms with Crippen LogP contribution in [0.1, 0.15) is 31.2 Å². The van der Waals surface area contributed by atoms with Crippen molar-refractivity contribution in [2.24, 2.45) is 0 Å². The number of hydrogen-bond donors (Lipinski definition) is 0. The number of piperidine rings is 1. The Morgan fingerprint density at radius 1 is 1.12 bits per heavy atom. The van der Waals surface area contributed by atoms with Gasteiger partial charge in [0.25, 0.3) is 0 Å². The Balaban J connectivity index is 1.54. The predicted octanol–water partition coefficient (Wildman–Crippen LogP) is 2.33.